The zero-order chi connectivity index (χ0) is 22.5. The molecular formula is C22H24ClN3O5. The second kappa shape index (κ2) is 9.70. The van der Waals surface area contributed by atoms with Crippen LogP contribution in [0.2, 0.25) is 5.02 Å². The molecule has 1 amide bonds. The Morgan fingerprint density at radius 2 is 1.71 bits per heavy atom. The van der Waals surface area contributed by atoms with Crippen LogP contribution in [0.1, 0.15) is 30.1 Å². The second-order valence-corrected chi connectivity index (χ2v) is 7.39. The highest BCUT2D eigenvalue weighted by molar-refractivity contribution is 6.31. The molecule has 9 heteroatoms. The minimum Gasteiger partial charge on any atom is -0.496 e. The molecule has 2 aromatic carbocycles. The molecule has 1 heterocycles. The van der Waals surface area contributed by atoms with E-state index in [0.29, 0.717) is 45.1 Å². The number of hydrogen-bond donors (Lipinski definition) is 0. The number of ether oxygens (including phenoxy) is 3. The Hall–Kier alpha value is -3.26. The van der Waals surface area contributed by atoms with E-state index in [4.69, 9.17) is 30.3 Å². The third-order valence-electron chi connectivity index (χ3n) is 4.69. The maximum atomic E-state index is 13.2. The van der Waals surface area contributed by atoms with Crippen molar-refractivity contribution in [2.24, 2.45) is 0 Å². The van der Waals surface area contributed by atoms with Gasteiger partial charge in [-0.3, -0.25) is 4.79 Å². The van der Waals surface area contributed by atoms with Gasteiger partial charge >= 0.3 is 0 Å². The van der Waals surface area contributed by atoms with Crippen molar-refractivity contribution in [3.63, 3.8) is 0 Å². The number of benzene rings is 2. The van der Waals surface area contributed by atoms with Crippen molar-refractivity contribution in [3.8, 4) is 28.6 Å². The summed E-state index contributed by atoms with van der Waals surface area (Å²) in [7, 11) is 4.63. The van der Waals surface area contributed by atoms with E-state index in [-0.39, 0.29) is 18.5 Å². The predicted octanol–water partition coefficient (Wildman–Crippen LogP) is 4.47. The average Bonchev–Trinajstić information content (AvgIpc) is 3.25. The SMILES string of the molecule is COc1ccc(-c2noc(CN(C(=O)c3cc(Cl)ccc3OC)C(C)C)n2)cc1OC. The Kier molecular flexibility index (Phi) is 7.02. The summed E-state index contributed by atoms with van der Waals surface area (Å²) in [6, 6.07) is 10.1. The van der Waals surface area contributed by atoms with Crippen LogP contribution in [0.25, 0.3) is 11.4 Å². The van der Waals surface area contributed by atoms with Gasteiger partial charge < -0.3 is 23.6 Å². The molecule has 0 radical (unpaired) electrons. The van der Waals surface area contributed by atoms with Gasteiger partial charge in [0.25, 0.3) is 5.91 Å². The largest absolute Gasteiger partial charge is 0.496 e. The molecule has 0 saturated heterocycles. The van der Waals surface area contributed by atoms with Gasteiger partial charge in [-0.1, -0.05) is 16.8 Å². The van der Waals surface area contributed by atoms with Crippen LogP contribution in [0.3, 0.4) is 0 Å². The number of carbonyl (C=O) groups excluding carboxylic acids is 1. The van der Waals surface area contributed by atoms with Gasteiger partial charge in [-0.05, 0) is 50.2 Å². The van der Waals surface area contributed by atoms with Crippen molar-refractivity contribution < 1.29 is 23.5 Å². The van der Waals surface area contributed by atoms with Crippen LogP contribution in [0.5, 0.6) is 17.2 Å². The summed E-state index contributed by atoms with van der Waals surface area (Å²) in [6.07, 6.45) is 0. The maximum Gasteiger partial charge on any atom is 0.258 e. The maximum absolute atomic E-state index is 13.2. The molecule has 0 aliphatic rings. The summed E-state index contributed by atoms with van der Waals surface area (Å²) < 4.78 is 21.3. The Morgan fingerprint density at radius 3 is 2.35 bits per heavy atom. The molecule has 0 bridgehead atoms. The fourth-order valence-corrected chi connectivity index (χ4v) is 3.22. The van der Waals surface area contributed by atoms with Crippen molar-refractivity contribution in [3.05, 3.63) is 52.9 Å². The average molecular weight is 446 g/mol. The number of rotatable bonds is 8. The first-order chi connectivity index (χ1) is 14.9. The molecule has 164 valence electrons. The van der Waals surface area contributed by atoms with Crippen LogP contribution in [-0.4, -0.2) is 48.3 Å². The second-order valence-electron chi connectivity index (χ2n) is 6.95. The molecule has 0 unspecified atom stereocenters. The first-order valence-corrected chi connectivity index (χ1v) is 9.95. The van der Waals surface area contributed by atoms with E-state index in [1.54, 1.807) is 55.5 Å². The summed E-state index contributed by atoms with van der Waals surface area (Å²) in [4.78, 5) is 19.3. The highest BCUT2D eigenvalue weighted by Gasteiger charge is 2.25. The summed E-state index contributed by atoms with van der Waals surface area (Å²) in [5, 5.41) is 4.49. The summed E-state index contributed by atoms with van der Waals surface area (Å²) in [5.74, 6) is 2.03. The molecule has 0 N–H and O–H groups in total. The minimum atomic E-state index is -0.250. The Labute approximate surface area is 185 Å². The van der Waals surface area contributed by atoms with Crippen LogP contribution >= 0.6 is 11.6 Å². The lowest BCUT2D eigenvalue weighted by molar-refractivity contribution is 0.0664. The number of aromatic nitrogens is 2. The van der Waals surface area contributed by atoms with Crippen molar-refractivity contribution >= 4 is 17.5 Å². The van der Waals surface area contributed by atoms with E-state index in [1.165, 1.54) is 7.11 Å². The zero-order valence-electron chi connectivity index (χ0n) is 18.0. The molecule has 0 saturated carbocycles. The lowest BCUT2D eigenvalue weighted by Crippen LogP contribution is -2.36. The van der Waals surface area contributed by atoms with Crippen molar-refractivity contribution in [2.75, 3.05) is 21.3 Å². The smallest absolute Gasteiger partial charge is 0.258 e. The number of methoxy groups -OCH3 is 3. The molecule has 0 atom stereocenters. The topological polar surface area (TPSA) is 86.9 Å². The van der Waals surface area contributed by atoms with Crippen LogP contribution < -0.4 is 14.2 Å². The van der Waals surface area contributed by atoms with Gasteiger partial charge in [0.05, 0.1) is 26.9 Å². The lowest BCUT2D eigenvalue weighted by Gasteiger charge is -2.26. The van der Waals surface area contributed by atoms with E-state index in [0.717, 1.165) is 0 Å². The molecule has 0 aliphatic heterocycles. The van der Waals surface area contributed by atoms with Crippen molar-refractivity contribution in [1.82, 2.24) is 15.0 Å². The highest BCUT2D eigenvalue weighted by Crippen LogP contribution is 2.31. The third kappa shape index (κ3) is 4.91. The standard InChI is InChI=1S/C22H24ClN3O5/c1-13(2)26(22(27)16-11-15(23)7-9-17(16)28-3)12-20-24-21(25-31-20)14-6-8-18(29-4)19(10-14)30-5/h6-11,13H,12H2,1-5H3. The molecule has 0 spiro atoms. The predicted molar refractivity (Wildman–Crippen MR) is 116 cm³/mol. The van der Waals surface area contributed by atoms with Gasteiger partial charge in [-0.25, -0.2) is 0 Å². The molecule has 3 aromatic rings. The Bertz CT molecular complexity index is 1070. The Balaban J connectivity index is 1.86. The Morgan fingerprint density at radius 1 is 1.03 bits per heavy atom. The number of halogens is 1. The van der Waals surface area contributed by atoms with Gasteiger partial charge in [0.2, 0.25) is 11.7 Å². The van der Waals surface area contributed by atoms with Crippen LogP contribution in [0.4, 0.5) is 0 Å². The molecule has 31 heavy (non-hydrogen) atoms. The summed E-state index contributed by atoms with van der Waals surface area (Å²) in [6.45, 7) is 3.94. The van der Waals surface area contributed by atoms with E-state index in [9.17, 15) is 4.79 Å². The fraction of sp³-hybridized carbons (Fsp3) is 0.318. The zero-order valence-corrected chi connectivity index (χ0v) is 18.8. The molecule has 1 aromatic heterocycles. The van der Waals surface area contributed by atoms with Crippen LogP contribution in [0.15, 0.2) is 40.9 Å². The quantitative estimate of drug-likeness (QED) is 0.505. The van der Waals surface area contributed by atoms with Gasteiger partial charge in [0, 0.05) is 16.6 Å². The summed E-state index contributed by atoms with van der Waals surface area (Å²) >= 11 is 6.09. The minimum absolute atomic E-state index is 0.131. The lowest BCUT2D eigenvalue weighted by atomic mass is 10.1. The highest BCUT2D eigenvalue weighted by atomic mass is 35.5. The molecule has 8 nitrogen and oxygen atoms in total. The van der Waals surface area contributed by atoms with Gasteiger partial charge in [0.1, 0.15) is 12.3 Å². The van der Waals surface area contributed by atoms with Crippen LogP contribution in [0, 0.1) is 0 Å². The first kappa shape index (κ1) is 22.4. The fourth-order valence-electron chi connectivity index (χ4n) is 3.05. The third-order valence-corrected chi connectivity index (χ3v) is 4.93. The van der Waals surface area contributed by atoms with Crippen molar-refractivity contribution in [2.45, 2.75) is 26.4 Å². The monoisotopic (exact) mass is 445 g/mol. The molecule has 3 rings (SSSR count). The van der Waals surface area contributed by atoms with E-state index >= 15 is 0 Å². The van der Waals surface area contributed by atoms with E-state index in [2.05, 4.69) is 10.1 Å². The normalized spacial score (nSPS) is 10.8. The van der Waals surface area contributed by atoms with Crippen LogP contribution in [-0.2, 0) is 6.54 Å². The summed E-state index contributed by atoms with van der Waals surface area (Å²) in [5.41, 5.74) is 1.06. The number of carbonyl (C=O) groups is 1. The molecule has 0 fully saturated rings. The molecule has 0 aliphatic carbocycles. The van der Waals surface area contributed by atoms with Gasteiger partial charge in [0.15, 0.2) is 11.5 Å². The first-order valence-electron chi connectivity index (χ1n) is 9.57. The van der Waals surface area contributed by atoms with E-state index < -0.39 is 0 Å². The molecular weight excluding hydrogens is 422 g/mol. The number of hydrogen-bond acceptors (Lipinski definition) is 7. The number of nitrogens with zero attached hydrogens (tertiary/aromatic N) is 3. The van der Waals surface area contributed by atoms with Crippen molar-refractivity contribution in [1.29, 1.82) is 0 Å². The van der Waals surface area contributed by atoms with Gasteiger partial charge in [-0.2, -0.15) is 4.98 Å². The number of amides is 1. The van der Waals surface area contributed by atoms with Gasteiger partial charge in [-0.15, -0.1) is 0 Å². The van der Waals surface area contributed by atoms with E-state index in [1.807, 2.05) is 13.8 Å².